The molecule has 0 heterocycles. The summed E-state index contributed by atoms with van der Waals surface area (Å²) in [4.78, 5) is 40.6. The smallest absolute Gasteiger partial charge is 0.253 e. The van der Waals surface area contributed by atoms with E-state index in [0.717, 1.165) is 25.7 Å². The summed E-state index contributed by atoms with van der Waals surface area (Å²) in [6.45, 7) is 16.4. The number of nitrogens with one attached hydrogen (secondary N) is 2. The third kappa shape index (κ3) is 11.1. The predicted octanol–water partition coefficient (Wildman–Crippen LogP) is 4.61. The van der Waals surface area contributed by atoms with Gasteiger partial charge < -0.3 is 21.3 Å². The zero-order valence-electron chi connectivity index (χ0n) is 23.6. The van der Waals surface area contributed by atoms with Gasteiger partial charge in [-0.3, -0.25) is 14.4 Å². The first kappa shape index (κ1) is 31.6. The largest absolute Gasteiger partial charge is 0.356 e. The highest BCUT2D eigenvalue weighted by molar-refractivity contribution is 5.99. The highest BCUT2D eigenvalue weighted by Crippen LogP contribution is 2.16. The van der Waals surface area contributed by atoms with Gasteiger partial charge in [-0.1, -0.05) is 54.5 Å². The number of hydrogen-bond acceptors (Lipinski definition) is 4. The van der Waals surface area contributed by atoms with Crippen molar-refractivity contribution in [3.63, 3.8) is 0 Å². The highest BCUT2D eigenvalue weighted by atomic mass is 16.2. The molecular weight excluding hydrogens is 452 g/mol. The van der Waals surface area contributed by atoms with Crippen molar-refractivity contribution >= 4 is 17.7 Å². The van der Waals surface area contributed by atoms with Gasteiger partial charge in [-0.2, -0.15) is 0 Å². The molecule has 7 heteroatoms. The number of amides is 3. The molecule has 0 aromatic heterocycles. The maximum absolute atomic E-state index is 13.2. The number of carbonyl (C=O) groups is 3. The molecule has 1 aromatic rings. The Kier molecular flexibility index (Phi) is 14.4. The Morgan fingerprint density at radius 1 is 0.917 bits per heavy atom. The van der Waals surface area contributed by atoms with Gasteiger partial charge in [0.15, 0.2) is 0 Å². The van der Waals surface area contributed by atoms with Crippen LogP contribution < -0.4 is 16.4 Å². The summed E-state index contributed by atoms with van der Waals surface area (Å²) in [6.07, 6.45) is 3.89. The van der Waals surface area contributed by atoms with Crippen molar-refractivity contribution in [1.82, 2.24) is 15.5 Å². The summed E-state index contributed by atoms with van der Waals surface area (Å²) in [7, 11) is 0. The Morgan fingerprint density at radius 3 is 2.08 bits per heavy atom. The average Bonchev–Trinajstić information content (AvgIpc) is 2.84. The molecule has 0 spiro atoms. The lowest BCUT2D eigenvalue weighted by molar-refractivity contribution is -0.125. The molecule has 3 atom stereocenters. The first-order valence-electron chi connectivity index (χ1n) is 13.7. The van der Waals surface area contributed by atoms with E-state index < -0.39 is 0 Å². The van der Waals surface area contributed by atoms with Gasteiger partial charge in [0, 0.05) is 48.8 Å². The Hall–Kier alpha value is -2.41. The predicted molar refractivity (Wildman–Crippen MR) is 148 cm³/mol. The molecule has 36 heavy (non-hydrogen) atoms. The van der Waals surface area contributed by atoms with Gasteiger partial charge in [0.2, 0.25) is 5.91 Å². The molecule has 0 fully saturated rings. The normalized spacial score (nSPS) is 13.8. The lowest BCUT2D eigenvalue weighted by Gasteiger charge is -2.28. The molecule has 0 aliphatic carbocycles. The zero-order chi connectivity index (χ0) is 27.3. The van der Waals surface area contributed by atoms with E-state index in [9.17, 15) is 14.4 Å². The fourth-order valence-corrected chi connectivity index (χ4v) is 4.15. The van der Waals surface area contributed by atoms with Crippen LogP contribution in [0.2, 0.25) is 0 Å². The Labute approximate surface area is 219 Å². The summed E-state index contributed by atoms with van der Waals surface area (Å²) in [5.74, 6) is 0.286. The Bertz CT molecular complexity index is 818. The van der Waals surface area contributed by atoms with Gasteiger partial charge in [-0.15, -0.1) is 0 Å². The van der Waals surface area contributed by atoms with E-state index in [1.54, 1.807) is 24.3 Å². The number of nitrogens with zero attached hydrogens (tertiary/aromatic N) is 1. The van der Waals surface area contributed by atoms with Crippen molar-refractivity contribution in [3.05, 3.63) is 35.4 Å². The third-order valence-electron chi connectivity index (χ3n) is 6.29. The van der Waals surface area contributed by atoms with Crippen LogP contribution in [0, 0.1) is 17.8 Å². The van der Waals surface area contributed by atoms with Gasteiger partial charge in [0.1, 0.15) is 0 Å². The van der Waals surface area contributed by atoms with Crippen molar-refractivity contribution in [3.8, 4) is 0 Å². The van der Waals surface area contributed by atoms with Crippen molar-refractivity contribution < 1.29 is 14.4 Å². The van der Waals surface area contributed by atoms with Crippen LogP contribution in [0.3, 0.4) is 0 Å². The Morgan fingerprint density at radius 2 is 1.53 bits per heavy atom. The second kappa shape index (κ2) is 16.4. The topological polar surface area (TPSA) is 105 Å². The van der Waals surface area contributed by atoms with Crippen LogP contribution in [-0.4, -0.2) is 54.3 Å². The summed E-state index contributed by atoms with van der Waals surface area (Å²) in [5.41, 5.74) is 7.51. The molecule has 0 saturated carbocycles. The molecule has 0 aliphatic rings. The van der Waals surface area contributed by atoms with Crippen LogP contribution in [0.15, 0.2) is 24.3 Å². The van der Waals surface area contributed by atoms with Gasteiger partial charge in [-0.05, 0) is 62.1 Å². The van der Waals surface area contributed by atoms with E-state index in [-0.39, 0.29) is 35.7 Å². The third-order valence-corrected chi connectivity index (χ3v) is 6.29. The quantitative estimate of drug-likeness (QED) is 0.307. The minimum atomic E-state index is -0.359. The maximum Gasteiger partial charge on any atom is 0.253 e. The van der Waals surface area contributed by atoms with Gasteiger partial charge in [0.25, 0.3) is 11.8 Å². The monoisotopic (exact) mass is 502 g/mol. The SMILES string of the molecule is CCCN(CCC)C(=O)c1cccc(C(=O)N[C@@H](CCC(C)C)[C@@H](N)C[C@@H](C)C(=O)NCC(C)C)c1. The molecule has 0 saturated heterocycles. The number of hydrogen-bond donors (Lipinski definition) is 3. The minimum Gasteiger partial charge on any atom is -0.356 e. The van der Waals surface area contributed by atoms with Crippen LogP contribution in [0.4, 0.5) is 0 Å². The lowest BCUT2D eigenvalue weighted by Crippen LogP contribution is -2.49. The number of rotatable bonds is 16. The van der Waals surface area contributed by atoms with Gasteiger partial charge in [-0.25, -0.2) is 0 Å². The molecular formula is C29H50N4O3. The second-order valence-corrected chi connectivity index (χ2v) is 10.9. The minimum absolute atomic E-state index is 0.0111. The van der Waals surface area contributed by atoms with E-state index in [1.165, 1.54) is 0 Å². The first-order valence-corrected chi connectivity index (χ1v) is 13.7. The molecule has 7 nitrogen and oxygen atoms in total. The standard InChI is InChI=1S/C29H50N4O3/c1-8-15-33(16-9-2)29(36)24-12-10-11-23(18-24)28(35)32-26(14-13-20(3)4)25(30)17-22(7)27(34)31-19-21(5)6/h10-12,18,20-22,25-26H,8-9,13-17,19,30H2,1-7H3,(H,31,34)(H,32,35)/t22-,25+,26+/m1/s1. The summed E-state index contributed by atoms with van der Waals surface area (Å²) < 4.78 is 0. The fraction of sp³-hybridized carbons (Fsp3) is 0.690. The summed E-state index contributed by atoms with van der Waals surface area (Å²) >= 11 is 0. The number of benzene rings is 1. The van der Waals surface area contributed by atoms with Crippen LogP contribution in [0.5, 0.6) is 0 Å². The van der Waals surface area contributed by atoms with Crippen molar-refractivity contribution in [2.24, 2.45) is 23.5 Å². The lowest BCUT2D eigenvalue weighted by atomic mass is 9.91. The van der Waals surface area contributed by atoms with Gasteiger partial charge >= 0.3 is 0 Å². The van der Waals surface area contributed by atoms with E-state index in [4.69, 9.17) is 5.73 Å². The molecule has 0 unspecified atom stereocenters. The summed E-state index contributed by atoms with van der Waals surface area (Å²) in [5, 5.41) is 6.08. The molecule has 1 aromatic carbocycles. The molecule has 0 aliphatic heterocycles. The molecule has 0 radical (unpaired) electrons. The van der Waals surface area contributed by atoms with Crippen molar-refractivity contribution in [2.75, 3.05) is 19.6 Å². The van der Waals surface area contributed by atoms with Crippen molar-refractivity contribution in [2.45, 2.75) is 92.7 Å². The van der Waals surface area contributed by atoms with Crippen molar-refractivity contribution in [1.29, 1.82) is 0 Å². The molecule has 1 rings (SSSR count). The number of carbonyl (C=O) groups excluding carboxylic acids is 3. The summed E-state index contributed by atoms with van der Waals surface area (Å²) in [6, 6.07) is 6.28. The molecule has 204 valence electrons. The Balaban J connectivity index is 2.97. The van der Waals surface area contributed by atoms with E-state index in [1.807, 2.05) is 11.8 Å². The van der Waals surface area contributed by atoms with Crippen LogP contribution >= 0.6 is 0 Å². The van der Waals surface area contributed by atoms with Crippen LogP contribution in [0.25, 0.3) is 0 Å². The molecule has 0 bridgehead atoms. The zero-order valence-corrected chi connectivity index (χ0v) is 23.6. The van der Waals surface area contributed by atoms with Gasteiger partial charge in [0.05, 0.1) is 0 Å². The second-order valence-electron chi connectivity index (χ2n) is 10.9. The molecule has 4 N–H and O–H groups in total. The maximum atomic E-state index is 13.2. The van der Waals surface area contributed by atoms with E-state index >= 15 is 0 Å². The average molecular weight is 503 g/mol. The van der Waals surface area contributed by atoms with E-state index in [2.05, 4.69) is 52.2 Å². The fourth-order valence-electron chi connectivity index (χ4n) is 4.15. The van der Waals surface area contributed by atoms with E-state index in [0.29, 0.717) is 49.0 Å². The van der Waals surface area contributed by atoms with Crippen LogP contribution in [0.1, 0.15) is 101 Å². The van der Waals surface area contributed by atoms with Crippen LogP contribution in [-0.2, 0) is 4.79 Å². The number of nitrogens with two attached hydrogens (primary N) is 1. The molecule has 3 amide bonds. The first-order chi connectivity index (χ1) is 17.0. The highest BCUT2D eigenvalue weighted by Gasteiger charge is 2.26.